The maximum atomic E-state index is 12.8. The van der Waals surface area contributed by atoms with Crippen molar-refractivity contribution in [3.8, 4) is 10.7 Å². The second kappa shape index (κ2) is 7.84. The van der Waals surface area contributed by atoms with E-state index in [1.54, 1.807) is 41.9 Å². The summed E-state index contributed by atoms with van der Waals surface area (Å²) in [7, 11) is 0. The Morgan fingerprint density at radius 3 is 2.73 bits per heavy atom. The van der Waals surface area contributed by atoms with E-state index in [2.05, 4.69) is 25.4 Å². The Kier molecular flexibility index (Phi) is 4.74. The van der Waals surface area contributed by atoms with Gasteiger partial charge in [-0.25, -0.2) is 0 Å². The highest BCUT2D eigenvalue weighted by Gasteiger charge is 2.14. The molecule has 0 aliphatic rings. The highest BCUT2D eigenvalue weighted by molar-refractivity contribution is 7.13. The highest BCUT2D eigenvalue weighted by atomic mass is 32.1. The predicted molar refractivity (Wildman–Crippen MR) is 114 cm³/mol. The van der Waals surface area contributed by atoms with Crippen LogP contribution in [0, 0.1) is 0 Å². The number of carbonyl (C=O) groups excluding carboxylic acids is 1. The van der Waals surface area contributed by atoms with Gasteiger partial charge in [-0.2, -0.15) is 4.98 Å². The van der Waals surface area contributed by atoms with Crippen LogP contribution < -0.4 is 5.32 Å². The summed E-state index contributed by atoms with van der Waals surface area (Å²) in [5.41, 5.74) is 3.50. The van der Waals surface area contributed by atoms with E-state index in [-0.39, 0.29) is 5.91 Å². The lowest BCUT2D eigenvalue weighted by Crippen LogP contribution is -2.13. The van der Waals surface area contributed by atoms with Crippen molar-refractivity contribution < 1.29 is 9.32 Å². The summed E-state index contributed by atoms with van der Waals surface area (Å²) in [6, 6.07) is 16.7. The Bertz CT molecular complexity index is 1330. The first-order chi connectivity index (χ1) is 14.8. The number of nitrogens with zero attached hydrogens (tertiary/aromatic N) is 4. The Labute approximate surface area is 175 Å². The first-order valence-electron chi connectivity index (χ1n) is 9.23. The smallest absolute Gasteiger partial charge is 0.255 e. The minimum Gasteiger partial charge on any atom is -0.339 e. The van der Waals surface area contributed by atoms with Gasteiger partial charge in [0, 0.05) is 23.6 Å². The van der Waals surface area contributed by atoms with Crippen LogP contribution in [0.1, 0.15) is 21.8 Å². The fraction of sp³-hybridized carbons (Fsp3) is 0.0455. The molecule has 0 atom stereocenters. The summed E-state index contributed by atoms with van der Waals surface area (Å²) in [5.74, 6) is 0.833. The van der Waals surface area contributed by atoms with Gasteiger partial charge in [-0.1, -0.05) is 29.4 Å². The van der Waals surface area contributed by atoms with E-state index in [0.29, 0.717) is 34.9 Å². The Balaban J connectivity index is 1.37. The van der Waals surface area contributed by atoms with E-state index >= 15 is 0 Å². The molecule has 30 heavy (non-hydrogen) atoms. The lowest BCUT2D eigenvalue weighted by Gasteiger charge is -2.10. The van der Waals surface area contributed by atoms with E-state index in [1.165, 1.54) is 0 Å². The molecule has 0 saturated heterocycles. The van der Waals surface area contributed by atoms with Crippen molar-refractivity contribution in [1.29, 1.82) is 0 Å². The van der Waals surface area contributed by atoms with Crippen molar-refractivity contribution in [1.82, 2.24) is 20.1 Å². The molecule has 0 radical (unpaired) electrons. The Morgan fingerprint density at radius 2 is 1.87 bits per heavy atom. The highest BCUT2D eigenvalue weighted by Crippen LogP contribution is 2.24. The van der Waals surface area contributed by atoms with Crippen LogP contribution >= 0.6 is 11.3 Å². The van der Waals surface area contributed by atoms with Crippen LogP contribution in [0.25, 0.3) is 21.7 Å². The summed E-state index contributed by atoms with van der Waals surface area (Å²) in [5, 5.41) is 8.98. The zero-order valence-corrected chi connectivity index (χ0v) is 16.5. The van der Waals surface area contributed by atoms with Gasteiger partial charge in [0.25, 0.3) is 5.91 Å². The van der Waals surface area contributed by atoms with E-state index in [0.717, 1.165) is 16.0 Å². The van der Waals surface area contributed by atoms with Crippen LogP contribution in [0.15, 0.2) is 76.9 Å². The second-order valence-electron chi connectivity index (χ2n) is 6.54. The molecule has 7 nitrogen and oxygen atoms in total. The van der Waals surface area contributed by atoms with Crippen LogP contribution in [0.4, 0.5) is 5.69 Å². The third kappa shape index (κ3) is 3.68. The maximum Gasteiger partial charge on any atom is 0.255 e. The van der Waals surface area contributed by atoms with Crippen molar-refractivity contribution >= 4 is 34.0 Å². The molecule has 0 bridgehead atoms. The quantitative estimate of drug-likeness (QED) is 0.453. The number of carbonyl (C=O) groups is 1. The lowest BCUT2D eigenvalue weighted by molar-refractivity contribution is 0.102. The van der Waals surface area contributed by atoms with Gasteiger partial charge in [-0.05, 0) is 41.3 Å². The Hall–Kier alpha value is -3.91. The van der Waals surface area contributed by atoms with Gasteiger partial charge in [0.1, 0.15) is 0 Å². The second-order valence-corrected chi connectivity index (χ2v) is 7.48. The molecule has 0 aliphatic carbocycles. The molecule has 1 N–H and O–H groups in total. The van der Waals surface area contributed by atoms with Gasteiger partial charge in [0.05, 0.1) is 22.3 Å². The van der Waals surface area contributed by atoms with Crippen molar-refractivity contribution in [3.05, 3.63) is 89.4 Å². The van der Waals surface area contributed by atoms with Crippen LogP contribution in [0.3, 0.4) is 0 Å². The number of hydrogen-bond donors (Lipinski definition) is 1. The number of rotatable bonds is 5. The van der Waals surface area contributed by atoms with Crippen molar-refractivity contribution in [2.24, 2.45) is 0 Å². The zero-order valence-electron chi connectivity index (χ0n) is 15.6. The molecule has 146 valence electrons. The minimum absolute atomic E-state index is 0.222. The van der Waals surface area contributed by atoms with Crippen molar-refractivity contribution in [2.75, 3.05) is 5.32 Å². The van der Waals surface area contributed by atoms with Crippen molar-refractivity contribution in [2.45, 2.75) is 6.42 Å². The normalized spacial score (nSPS) is 10.9. The average molecular weight is 413 g/mol. The first kappa shape index (κ1) is 18.1. The molecule has 3 heterocycles. The molecule has 0 aliphatic heterocycles. The number of benzene rings is 2. The fourth-order valence-electron chi connectivity index (χ4n) is 3.09. The third-order valence-electron chi connectivity index (χ3n) is 4.55. The monoisotopic (exact) mass is 413 g/mol. The minimum atomic E-state index is -0.222. The number of anilines is 1. The third-order valence-corrected chi connectivity index (χ3v) is 5.41. The van der Waals surface area contributed by atoms with E-state index in [4.69, 9.17) is 4.52 Å². The van der Waals surface area contributed by atoms with Crippen LogP contribution in [-0.2, 0) is 6.42 Å². The molecule has 5 rings (SSSR count). The molecule has 0 unspecified atom stereocenters. The molecule has 8 heteroatoms. The molecule has 2 aromatic carbocycles. The zero-order chi connectivity index (χ0) is 20.3. The van der Waals surface area contributed by atoms with Gasteiger partial charge in [0.2, 0.25) is 11.7 Å². The number of para-hydroxylation sites is 1. The van der Waals surface area contributed by atoms with Gasteiger partial charge in [0.15, 0.2) is 0 Å². The maximum absolute atomic E-state index is 12.8. The molecular weight excluding hydrogens is 398 g/mol. The fourth-order valence-corrected chi connectivity index (χ4v) is 3.74. The number of nitrogens with one attached hydrogen (secondary N) is 1. The number of aromatic nitrogens is 4. The van der Waals surface area contributed by atoms with Crippen LogP contribution in [0.5, 0.6) is 0 Å². The number of hydrogen-bond acceptors (Lipinski definition) is 7. The number of amides is 1. The van der Waals surface area contributed by atoms with Gasteiger partial charge >= 0.3 is 0 Å². The van der Waals surface area contributed by atoms with E-state index < -0.39 is 0 Å². The van der Waals surface area contributed by atoms with Crippen LogP contribution in [-0.4, -0.2) is 26.0 Å². The first-order valence-corrected chi connectivity index (χ1v) is 10.1. The summed E-state index contributed by atoms with van der Waals surface area (Å²) < 4.78 is 5.40. The summed E-state index contributed by atoms with van der Waals surface area (Å²) in [6.07, 6.45) is 3.64. The van der Waals surface area contributed by atoms with Gasteiger partial charge in [-0.15, -0.1) is 11.3 Å². The van der Waals surface area contributed by atoms with Crippen molar-refractivity contribution in [3.63, 3.8) is 0 Å². The number of fused-ring (bicyclic) bond motifs is 1. The Morgan fingerprint density at radius 1 is 1.00 bits per heavy atom. The average Bonchev–Trinajstić information content (AvgIpc) is 3.47. The number of thiophene rings is 1. The largest absolute Gasteiger partial charge is 0.339 e. The topological polar surface area (TPSA) is 93.8 Å². The molecule has 0 spiro atoms. The summed E-state index contributed by atoms with van der Waals surface area (Å²) in [4.78, 5) is 26.7. The van der Waals surface area contributed by atoms with Crippen LogP contribution in [0.2, 0.25) is 0 Å². The van der Waals surface area contributed by atoms with E-state index in [1.807, 2.05) is 41.8 Å². The standard InChI is InChI=1S/C22H15N5O2S/c28-22(15-7-8-17-18(12-15)24-10-9-23-17)25-16-5-2-1-4-14(16)13-20-26-21(27-29-20)19-6-3-11-30-19/h1-12H,13H2,(H,25,28). The predicted octanol–water partition coefficient (Wildman–Crippen LogP) is 4.58. The molecular formula is C22H15N5O2S. The summed E-state index contributed by atoms with van der Waals surface area (Å²) >= 11 is 1.55. The molecule has 5 aromatic rings. The SMILES string of the molecule is O=C(Nc1ccccc1Cc1nc(-c2cccs2)no1)c1ccc2nccnc2c1. The molecule has 3 aromatic heterocycles. The van der Waals surface area contributed by atoms with E-state index in [9.17, 15) is 4.79 Å². The molecule has 0 saturated carbocycles. The summed E-state index contributed by atoms with van der Waals surface area (Å²) in [6.45, 7) is 0. The molecule has 1 amide bonds. The lowest BCUT2D eigenvalue weighted by atomic mass is 10.1. The van der Waals surface area contributed by atoms with Gasteiger partial charge in [-0.3, -0.25) is 14.8 Å². The van der Waals surface area contributed by atoms with Gasteiger partial charge < -0.3 is 9.84 Å². The molecule has 0 fully saturated rings.